The van der Waals surface area contributed by atoms with Crippen molar-refractivity contribution in [3.63, 3.8) is 0 Å². The summed E-state index contributed by atoms with van der Waals surface area (Å²) in [4.78, 5) is 3.93. The summed E-state index contributed by atoms with van der Waals surface area (Å²) in [5, 5.41) is 0.399. The highest BCUT2D eigenvalue weighted by molar-refractivity contribution is 6.62. The molecule has 0 unspecified atom stereocenters. The fraction of sp³-hybridized carbons (Fsp3) is 0.353. The highest BCUT2D eigenvalue weighted by atomic mass is 35.5. The Balaban J connectivity index is 1.73. The monoisotopic (exact) mass is 331 g/mol. The van der Waals surface area contributed by atoms with Gasteiger partial charge in [-0.2, -0.15) is 0 Å². The van der Waals surface area contributed by atoms with E-state index in [1.807, 2.05) is 52.0 Å². The van der Waals surface area contributed by atoms with Crippen LogP contribution in [0.4, 0.5) is 0 Å². The lowest BCUT2D eigenvalue weighted by atomic mass is 9.79. The third-order valence-electron chi connectivity index (χ3n) is 4.34. The molecule has 2 heterocycles. The first-order valence-electron chi connectivity index (χ1n) is 7.52. The number of aromatic nitrogens is 1. The van der Waals surface area contributed by atoms with Gasteiger partial charge in [0.2, 0.25) is 0 Å². The number of nitrogens with zero attached hydrogens (tertiary/aromatic N) is 1. The molecular weight excluding hydrogens is 312 g/mol. The van der Waals surface area contributed by atoms with E-state index in [9.17, 15) is 0 Å². The predicted molar refractivity (Wildman–Crippen MR) is 91.5 cm³/mol. The van der Waals surface area contributed by atoms with Crippen molar-refractivity contribution >= 4 is 24.2 Å². The van der Waals surface area contributed by atoms with Crippen LogP contribution >= 0.6 is 11.6 Å². The molecule has 0 saturated carbocycles. The second-order valence-corrected chi connectivity index (χ2v) is 6.96. The molecular formula is C17H19BClNO3. The Bertz CT molecular complexity index is 687. The lowest BCUT2D eigenvalue weighted by Crippen LogP contribution is -2.41. The van der Waals surface area contributed by atoms with Crippen LogP contribution in [0.15, 0.2) is 42.6 Å². The molecule has 120 valence electrons. The Hall–Kier alpha value is -1.56. The van der Waals surface area contributed by atoms with Crippen LogP contribution in [0.1, 0.15) is 27.7 Å². The maximum atomic E-state index is 6.04. The van der Waals surface area contributed by atoms with E-state index in [0.29, 0.717) is 16.7 Å². The Morgan fingerprint density at radius 2 is 1.57 bits per heavy atom. The summed E-state index contributed by atoms with van der Waals surface area (Å²) in [5.74, 6) is 1.36. The average molecular weight is 332 g/mol. The molecule has 1 saturated heterocycles. The number of pyridine rings is 1. The van der Waals surface area contributed by atoms with Crippen LogP contribution in [0.2, 0.25) is 5.15 Å². The van der Waals surface area contributed by atoms with E-state index in [0.717, 1.165) is 5.46 Å². The first-order chi connectivity index (χ1) is 10.8. The smallest absolute Gasteiger partial charge is 0.457 e. The fourth-order valence-corrected chi connectivity index (χ4v) is 2.42. The Labute approximate surface area is 141 Å². The number of benzene rings is 1. The lowest BCUT2D eigenvalue weighted by molar-refractivity contribution is 0.00578. The molecule has 0 N–H and O–H groups in total. The normalized spacial score (nSPS) is 18.9. The third-order valence-corrected chi connectivity index (χ3v) is 4.55. The molecule has 0 amide bonds. The van der Waals surface area contributed by atoms with Crippen molar-refractivity contribution in [3.05, 3.63) is 47.7 Å². The molecule has 1 aliphatic heterocycles. The summed E-state index contributed by atoms with van der Waals surface area (Å²) in [6.45, 7) is 8.16. The van der Waals surface area contributed by atoms with Gasteiger partial charge in [0.25, 0.3) is 0 Å². The number of ether oxygens (including phenoxy) is 1. The molecule has 1 aromatic carbocycles. The van der Waals surface area contributed by atoms with Gasteiger partial charge >= 0.3 is 7.12 Å². The minimum atomic E-state index is -0.371. The summed E-state index contributed by atoms with van der Waals surface area (Å²) in [6, 6.07) is 11.1. The maximum Gasteiger partial charge on any atom is 0.494 e. The molecule has 0 radical (unpaired) electrons. The van der Waals surface area contributed by atoms with Crippen LogP contribution in [0.25, 0.3) is 0 Å². The molecule has 0 atom stereocenters. The van der Waals surface area contributed by atoms with Crippen molar-refractivity contribution in [1.29, 1.82) is 0 Å². The van der Waals surface area contributed by atoms with Crippen molar-refractivity contribution < 1.29 is 14.0 Å². The second kappa shape index (κ2) is 5.82. The molecule has 4 nitrogen and oxygen atoms in total. The molecule has 0 spiro atoms. The van der Waals surface area contributed by atoms with E-state index in [1.165, 1.54) is 0 Å². The minimum Gasteiger partial charge on any atom is -0.457 e. The lowest BCUT2D eigenvalue weighted by Gasteiger charge is -2.32. The third kappa shape index (κ3) is 3.37. The molecule has 0 aliphatic carbocycles. The Morgan fingerprint density at radius 3 is 2.13 bits per heavy atom. The van der Waals surface area contributed by atoms with E-state index in [1.54, 1.807) is 18.3 Å². The molecule has 1 aromatic heterocycles. The minimum absolute atomic E-state index is 0.347. The zero-order valence-electron chi connectivity index (χ0n) is 13.7. The van der Waals surface area contributed by atoms with Crippen LogP contribution in [-0.2, 0) is 9.31 Å². The summed E-state index contributed by atoms with van der Waals surface area (Å²) in [6.07, 6.45) is 1.61. The molecule has 6 heteroatoms. The van der Waals surface area contributed by atoms with E-state index < -0.39 is 0 Å². The zero-order chi connectivity index (χ0) is 16.7. The first-order valence-corrected chi connectivity index (χ1v) is 7.90. The number of halogens is 1. The van der Waals surface area contributed by atoms with Gasteiger partial charge in [-0.05, 0) is 51.4 Å². The highest BCUT2D eigenvalue weighted by Gasteiger charge is 2.51. The van der Waals surface area contributed by atoms with Gasteiger partial charge in [0, 0.05) is 12.3 Å². The highest BCUT2D eigenvalue weighted by Crippen LogP contribution is 2.36. The summed E-state index contributed by atoms with van der Waals surface area (Å²) < 4.78 is 17.8. The summed E-state index contributed by atoms with van der Waals surface area (Å²) in [7, 11) is -0.371. The molecule has 0 bridgehead atoms. The van der Waals surface area contributed by atoms with E-state index in [2.05, 4.69) is 4.98 Å². The molecule has 23 heavy (non-hydrogen) atoms. The van der Waals surface area contributed by atoms with Gasteiger partial charge in [-0.1, -0.05) is 23.7 Å². The van der Waals surface area contributed by atoms with Gasteiger partial charge in [-0.25, -0.2) is 4.98 Å². The van der Waals surface area contributed by atoms with Crippen molar-refractivity contribution in [2.45, 2.75) is 38.9 Å². The summed E-state index contributed by atoms with van der Waals surface area (Å²) in [5.41, 5.74) is 0.269. The van der Waals surface area contributed by atoms with E-state index in [-0.39, 0.29) is 18.3 Å². The largest absolute Gasteiger partial charge is 0.494 e. The average Bonchev–Trinajstić information content (AvgIpc) is 2.68. The van der Waals surface area contributed by atoms with Gasteiger partial charge in [0.1, 0.15) is 16.7 Å². The van der Waals surface area contributed by atoms with Crippen molar-refractivity contribution in [2.24, 2.45) is 0 Å². The van der Waals surface area contributed by atoms with Crippen molar-refractivity contribution in [3.8, 4) is 11.5 Å². The van der Waals surface area contributed by atoms with Gasteiger partial charge in [0.15, 0.2) is 0 Å². The van der Waals surface area contributed by atoms with Crippen molar-refractivity contribution in [1.82, 2.24) is 4.98 Å². The number of rotatable bonds is 3. The van der Waals surface area contributed by atoms with Crippen LogP contribution in [0, 0.1) is 0 Å². The van der Waals surface area contributed by atoms with Crippen LogP contribution in [0.5, 0.6) is 11.5 Å². The maximum absolute atomic E-state index is 6.04. The SMILES string of the molecule is CC1(C)OB(c2ccc(Oc3ccnc(Cl)c3)cc2)OC1(C)C. The molecule has 1 fully saturated rings. The first kappa shape index (κ1) is 16.3. The van der Waals surface area contributed by atoms with Gasteiger partial charge in [-0.15, -0.1) is 0 Å². The Morgan fingerprint density at radius 1 is 0.957 bits per heavy atom. The topological polar surface area (TPSA) is 40.6 Å². The second-order valence-electron chi connectivity index (χ2n) is 6.57. The quantitative estimate of drug-likeness (QED) is 0.633. The summed E-state index contributed by atoms with van der Waals surface area (Å²) >= 11 is 5.85. The number of hydrogen-bond donors (Lipinski definition) is 0. The number of hydrogen-bond acceptors (Lipinski definition) is 4. The van der Waals surface area contributed by atoms with Gasteiger partial charge in [-0.3, -0.25) is 0 Å². The van der Waals surface area contributed by atoms with Crippen LogP contribution < -0.4 is 10.2 Å². The van der Waals surface area contributed by atoms with Crippen LogP contribution in [-0.4, -0.2) is 23.3 Å². The zero-order valence-corrected chi connectivity index (χ0v) is 14.4. The molecule has 1 aliphatic rings. The van der Waals surface area contributed by atoms with E-state index in [4.69, 9.17) is 25.6 Å². The molecule has 2 aromatic rings. The van der Waals surface area contributed by atoms with Crippen LogP contribution in [0.3, 0.4) is 0 Å². The van der Waals surface area contributed by atoms with Gasteiger partial charge < -0.3 is 14.0 Å². The van der Waals surface area contributed by atoms with Crippen molar-refractivity contribution in [2.75, 3.05) is 0 Å². The van der Waals surface area contributed by atoms with Gasteiger partial charge in [0.05, 0.1) is 11.2 Å². The van der Waals surface area contributed by atoms with E-state index >= 15 is 0 Å². The fourth-order valence-electron chi connectivity index (χ4n) is 2.26. The Kier molecular flexibility index (Phi) is 4.13. The standard InChI is InChI=1S/C17H19BClNO3/c1-16(2)17(3,4)23-18(22-16)12-5-7-13(8-6-12)21-14-9-10-20-15(19)11-14/h5-11H,1-4H3. The predicted octanol–water partition coefficient (Wildman–Crippen LogP) is 3.83. The molecule has 3 rings (SSSR count).